The van der Waals surface area contributed by atoms with E-state index in [0.29, 0.717) is 5.75 Å². The van der Waals surface area contributed by atoms with E-state index < -0.39 is 0 Å². The molecule has 0 bridgehead atoms. The molecule has 0 saturated carbocycles. The molecule has 1 aliphatic rings. The number of likely N-dealkylation sites (tertiary alicyclic amines) is 1. The van der Waals surface area contributed by atoms with Gasteiger partial charge < -0.3 is 22.0 Å². The van der Waals surface area contributed by atoms with Gasteiger partial charge in [-0.15, -0.1) is 0 Å². The maximum absolute atomic E-state index is 10.5. The van der Waals surface area contributed by atoms with Gasteiger partial charge in [-0.1, -0.05) is 54.6 Å². The van der Waals surface area contributed by atoms with Gasteiger partial charge in [0.2, 0.25) is 0 Å². The zero-order valence-electron chi connectivity index (χ0n) is 15.7. The van der Waals surface area contributed by atoms with Gasteiger partial charge in [0, 0.05) is 30.7 Å². The fraction of sp³-hybridized carbons (Fsp3) is 0.391. The van der Waals surface area contributed by atoms with E-state index in [1.165, 1.54) is 37.1 Å². The number of halogens is 1. The summed E-state index contributed by atoms with van der Waals surface area (Å²) in [7, 11) is 0. The van der Waals surface area contributed by atoms with Crippen molar-refractivity contribution in [2.24, 2.45) is 0 Å². The maximum atomic E-state index is 10.5. The van der Waals surface area contributed by atoms with Crippen LogP contribution in [-0.4, -0.2) is 35.8 Å². The highest BCUT2D eigenvalue weighted by atomic mass is 35.5. The third kappa shape index (κ3) is 4.69. The molecular formula is C23H30ClNO. The van der Waals surface area contributed by atoms with Crippen molar-refractivity contribution in [1.82, 2.24) is 0 Å². The Labute approximate surface area is 164 Å². The topological polar surface area (TPSA) is 20.2 Å². The summed E-state index contributed by atoms with van der Waals surface area (Å²) < 4.78 is 1.15. The number of phenols is 1. The van der Waals surface area contributed by atoms with Crippen molar-refractivity contribution in [3.63, 3.8) is 0 Å². The Hall–Kier alpha value is -1.77. The van der Waals surface area contributed by atoms with E-state index in [1.54, 1.807) is 0 Å². The van der Waals surface area contributed by atoms with Crippen LogP contribution in [0.1, 0.15) is 41.9 Å². The number of hydrogen-bond acceptors (Lipinski definition) is 1. The highest BCUT2D eigenvalue weighted by Crippen LogP contribution is 2.36. The van der Waals surface area contributed by atoms with Crippen LogP contribution in [0.2, 0.25) is 0 Å². The smallest absolute Gasteiger partial charge is 0.119 e. The van der Waals surface area contributed by atoms with Crippen LogP contribution in [0, 0.1) is 6.92 Å². The van der Waals surface area contributed by atoms with Crippen LogP contribution in [0.3, 0.4) is 0 Å². The van der Waals surface area contributed by atoms with Gasteiger partial charge >= 0.3 is 0 Å². The second-order valence-electron chi connectivity index (χ2n) is 7.51. The molecule has 3 heteroatoms. The van der Waals surface area contributed by atoms with Crippen molar-refractivity contribution in [2.45, 2.75) is 32.1 Å². The van der Waals surface area contributed by atoms with Crippen LogP contribution in [0.15, 0.2) is 61.2 Å². The van der Waals surface area contributed by atoms with Crippen LogP contribution < -0.4 is 12.4 Å². The number of benzene rings is 2. The highest BCUT2D eigenvalue weighted by molar-refractivity contribution is 5.43. The first-order chi connectivity index (χ1) is 12.1. The maximum Gasteiger partial charge on any atom is 0.119 e. The Kier molecular flexibility index (Phi) is 7.31. The summed E-state index contributed by atoms with van der Waals surface area (Å²) in [6, 6.07) is 16.6. The average Bonchev–Trinajstić information content (AvgIpc) is 3.08. The molecule has 1 aliphatic heterocycles. The van der Waals surface area contributed by atoms with Gasteiger partial charge in [-0.05, 0) is 24.6 Å². The normalized spacial score (nSPS) is 16.7. The minimum absolute atomic E-state index is 0. The number of nitrogens with zero attached hydrogens (tertiary/aromatic N) is 1. The summed E-state index contributed by atoms with van der Waals surface area (Å²) in [5, 5.41) is 10.5. The number of quaternary nitrogens is 1. The first kappa shape index (κ1) is 20.5. The minimum Gasteiger partial charge on any atom is -1.00 e. The summed E-state index contributed by atoms with van der Waals surface area (Å²) in [6.45, 7) is 10.8. The second kappa shape index (κ2) is 9.25. The molecule has 2 nitrogen and oxygen atoms in total. The molecule has 1 fully saturated rings. The summed E-state index contributed by atoms with van der Waals surface area (Å²) in [5.41, 5.74) is 3.55. The summed E-state index contributed by atoms with van der Waals surface area (Å²) >= 11 is 0. The first-order valence-electron chi connectivity index (χ1n) is 9.44. The van der Waals surface area contributed by atoms with E-state index in [9.17, 15) is 5.11 Å². The number of aromatic hydroxyl groups is 1. The molecule has 0 amide bonds. The average molecular weight is 372 g/mol. The van der Waals surface area contributed by atoms with Gasteiger partial charge in [-0.2, -0.15) is 0 Å². The fourth-order valence-corrected chi connectivity index (χ4v) is 4.32. The largest absolute Gasteiger partial charge is 1.00 e. The molecule has 1 saturated heterocycles. The van der Waals surface area contributed by atoms with E-state index in [2.05, 4.69) is 56.0 Å². The van der Waals surface area contributed by atoms with Gasteiger partial charge in [-0.25, -0.2) is 0 Å². The first-order valence-corrected chi connectivity index (χ1v) is 9.44. The summed E-state index contributed by atoms with van der Waals surface area (Å²) in [4.78, 5) is 0. The fourth-order valence-electron chi connectivity index (χ4n) is 4.32. The standard InChI is InChI=1S/C23H29NO.ClH/c1-3-14-24(15-7-8-16-24)17-13-21(20-9-5-4-6-10-20)22-18-19(2)11-12-23(22)25;/h3-6,9-12,18,21H,1,7-8,13-17H2,2H3;1H. The van der Waals surface area contributed by atoms with E-state index in [1.807, 2.05) is 12.1 Å². The lowest BCUT2D eigenvalue weighted by atomic mass is 9.86. The molecule has 2 aromatic rings. The molecule has 1 unspecified atom stereocenters. The lowest BCUT2D eigenvalue weighted by Crippen LogP contribution is -3.00. The number of phenolic OH excluding ortho intramolecular Hbond substituents is 1. The molecule has 3 rings (SSSR count). The molecule has 1 heterocycles. The number of hydrogen-bond donors (Lipinski definition) is 1. The van der Waals surface area contributed by atoms with Gasteiger partial charge in [0.25, 0.3) is 0 Å². The van der Waals surface area contributed by atoms with Crippen molar-refractivity contribution >= 4 is 0 Å². The molecule has 0 spiro atoms. The minimum atomic E-state index is 0. The van der Waals surface area contributed by atoms with E-state index in [4.69, 9.17) is 0 Å². The Morgan fingerprint density at radius 3 is 2.46 bits per heavy atom. The lowest BCUT2D eigenvalue weighted by molar-refractivity contribution is -0.911. The molecule has 1 N–H and O–H groups in total. The van der Waals surface area contributed by atoms with Crippen molar-refractivity contribution in [1.29, 1.82) is 0 Å². The monoisotopic (exact) mass is 371 g/mol. The van der Waals surface area contributed by atoms with Crippen molar-refractivity contribution < 1.29 is 22.0 Å². The van der Waals surface area contributed by atoms with Gasteiger partial charge in [0.1, 0.15) is 5.75 Å². The van der Waals surface area contributed by atoms with Crippen LogP contribution in [-0.2, 0) is 0 Å². The molecule has 0 radical (unpaired) electrons. The van der Waals surface area contributed by atoms with Gasteiger partial charge in [-0.3, -0.25) is 0 Å². The molecule has 140 valence electrons. The molecule has 2 aromatic carbocycles. The molecule has 26 heavy (non-hydrogen) atoms. The van der Waals surface area contributed by atoms with Crippen molar-refractivity contribution in [3.8, 4) is 5.75 Å². The van der Waals surface area contributed by atoms with Crippen LogP contribution >= 0.6 is 0 Å². The SMILES string of the molecule is C=CC[N+]1(CCC(c2ccccc2)c2cc(C)ccc2O)CCCC1.[Cl-]. The van der Waals surface area contributed by atoms with Crippen LogP contribution in [0.5, 0.6) is 5.75 Å². The van der Waals surface area contributed by atoms with Crippen LogP contribution in [0.25, 0.3) is 0 Å². The second-order valence-corrected chi connectivity index (χ2v) is 7.51. The molecular weight excluding hydrogens is 342 g/mol. The van der Waals surface area contributed by atoms with Crippen molar-refractivity contribution in [3.05, 3.63) is 77.9 Å². The Balaban J connectivity index is 0.00000243. The predicted octanol–water partition coefficient (Wildman–Crippen LogP) is 2.02. The Morgan fingerprint density at radius 1 is 1.12 bits per heavy atom. The lowest BCUT2D eigenvalue weighted by Gasteiger charge is -2.35. The third-order valence-electron chi connectivity index (χ3n) is 5.68. The summed E-state index contributed by atoms with van der Waals surface area (Å²) in [5.74, 6) is 0.651. The summed E-state index contributed by atoms with van der Waals surface area (Å²) in [6.07, 6.45) is 5.76. The van der Waals surface area contributed by atoms with Gasteiger partial charge in [0.15, 0.2) is 0 Å². The molecule has 0 aromatic heterocycles. The zero-order chi connectivity index (χ0) is 17.7. The van der Waals surface area contributed by atoms with E-state index in [0.717, 1.165) is 29.6 Å². The quantitative estimate of drug-likeness (QED) is 0.583. The Bertz CT molecular complexity index is 707. The third-order valence-corrected chi connectivity index (χ3v) is 5.68. The zero-order valence-corrected chi connectivity index (χ0v) is 16.5. The van der Waals surface area contributed by atoms with E-state index in [-0.39, 0.29) is 18.3 Å². The Morgan fingerprint density at radius 2 is 1.81 bits per heavy atom. The molecule has 0 aliphatic carbocycles. The predicted molar refractivity (Wildman–Crippen MR) is 105 cm³/mol. The number of rotatable bonds is 7. The van der Waals surface area contributed by atoms with Crippen LogP contribution in [0.4, 0.5) is 0 Å². The molecule has 1 atom stereocenters. The van der Waals surface area contributed by atoms with Crippen molar-refractivity contribution in [2.75, 3.05) is 26.2 Å². The highest BCUT2D eigenvalue weighted by Gasteiger charge is 2.32. The van der Waals surface area contributed by atoms with E-state index >= 15 is 0 Å². The number of aryl methyl sites for hydroxylation is 1. The van der Waals surface area contributed by atoms with Gasteiger partial charge in [0.05, 0.1) is 26.2 Å².